The lowest BCUT2D eigenvalue weighted by atomic mass is 9.97. The van der Waals surface area contributed by atoms with Gasteiger partial charge in [0.05, 0.1) is 17.3 Å². The van der Waals surface area contributed by atoms with Gasteiger partial charge in [0.15, 0.2) is 11.5 Å². The van der Waals surface area contributed by atoms with Crippen molar-refractivity contribution in [3.63, 3.8) is 0 Å². The van der Waals surface area contributed by atoms with Gasteiger partial charge in [-0.1, -0.05) is 41.4 Å². The molecule has 2 aromatic carbocycles. The third kappa shape index (κ3) is 3.09. The molecule has 3 heterocycles. The van der Waals surface area contributed by atoms with E-state index in [4.69, 9.17) is 21.1 Å². The number of carbonyl (C=O) groups is 1. The zero-order chi connectivity index (χ0) is 20.1. The fraction of sp³-hybridized carbons (Fsp3) is 0.227. The van der Waals surface area contributed by atoms with Crippen molar-refractivity contribution in [3.05, 3.63) is 64.3 Å². The predicted molar refractivity (Wildman–Crippen MR) is 110 cm³/mol. The lowest BCUT2D eigenvalue weighted by Crippen LogP contribution is -2.24. The van der Waals surface area contributed by atoms with Crippen LogP contribution in [0.25, 0.3) is 10.9 Å². The maximum absolute atomic E-state index is 12.3. The second kappa shape index (κ2) is 6.74. The maximum Gasteiger partial charge on any atom is 0.240 e. The smallest absolute Gasteiger partial charge is 0.240 e. The Kier molecular flexibility index (Phi) is 4.17. The fourth-order valence-electron chi connectivity index (χ4n) is 3.83. The number of benzene rings is 2. The second-order valence-corrected chi connectivity index (χ2v) is 7.62. The number of amides is 1. The molecule has 2 aliphatic rings. The lowest BCUT2D eigenvalue weighted by molar-refractivity contribution is -0.130. The van der Waals surface area contributed by atoms with Gasteiger partial charge in [0.2, 0.25) is 12.7 Å². The molecule has 2 aliphatic heterocycles. The summed E-state index contributed by atoms with van der Waals surface area (Å²) in [6.45, 7) is 3.74. The van der Waals surface area contributed by atoms with Crippen LogP contribution in [-0.4, -0.2) is 28.4 Å². The Labute approximate surface area is 172 Å². The summed E-state index contributed by atoms with van der Waals surface area (Å²) < 4.78 is 10.9. The number of fused-ring (bicyclic) bond motifs is 2. The molecule has 7 heteroatoms. The van der Waals surface area contributed by atoms with Gasteiger partial charge in [0.25, 0.3) is 0 Å². The van der Waals surface area contributed by atoms with Crippen LogP contribution in [0.2, 0.25) is 5.15 Å². The highest BCUT2D eigenvalue weighted by Gasteiger charge is 2.33. The number of carbonyl (C=O) groups excluding carboxylic acids is 1. The molecule has 5 rings (SSSR count). The summed E-state index contributed by atoms with van der Waals surface area (Å²) in [6.07, 6.45) is 0.570. The molecule has 29 heavy (non-hydrogen) atoms. The molecule has 0 saturated heterocycles. The molecule has 0 N–H and O–H groups in total. The van der Waals surface area contributed by atoms with E-state index in [1.165, 1.54) is 11.9 Å². The van der Waals surface area contributed by atoms with E-state index >= 15 is 0 Å². The summed E-state index contributed by atoms with van der Waals surface area (Å²) >= 11 is 6.55. The zero-order valence-corrected chi connectivity index (χ0v) is 16.7. The Morgan fingerprint density at radius 1 is 1.17 bits per heavy atom. The number of pyridine rings is 1. The Balaban J connectivity index is 1.57. The van der Waals surface area contributed by atoms with Crippen molar-refractivity contribution in [1.29, 1.82) is 0 Å². The van der Waals surface area contributed by atoms with E-state index in [0.717, 1.165) is 33.3 Å². The molecule has 0 aliphatic carbocycles. The average molecular weight is 408 g/mol. The minimum Gasteiger partial charge on any atom is -0.454 e. The van der Waals surface area contributed by atoms with Crippen molar-refractivity contribution >= 4 is 34.1 Å². The number of nitrogens with zero attached hydrogens (tertiary/aromatic N) is 3. The molecular formula is C22H18ClN3O3. The monoisotopic (exact) mass is 407 g/mol. The van der Waals surface area contributed by atoms with Gasteiger partial charge in [-0.15, -0.1) is 0 Å². The summed E-state index contributed by atoms with van der Waals surface area (Å²) in [5.74, 6) is 1.20. The van der Waals surface area contributed by atoms with Crippen LogP contribution in [0.5, 0.6) is 11.5 Å². The standard InChI is InChI=1S/C22H18ClN3O3/c1-12-4-3-5-14(6-12)18-9-19(26(25-18)13(2)27)16-7-15-8-20-21(29-11-28-20)10-17(15)24-22(16)23/h3-8,10,19H,9,11H2,1-2H3/t19-/m0/s1. The molecule has 0 spiro atoms. The fourth-order valence-corrected chi connectivity index (χ4v) is 4.10. The first-order valence-corrected chi connectivity index (χ1v) is 9.71. The number of aromatic nitrogens is 1. The third-order valence-corrected chi connectivity index (χ3v) is 5.54. The van der Waals surface area contributed by atoms with Crippen molar-refractivity contribution in [3.8, 4) is 11.5 Å². The van der Waals surface area contributed by atoms with E-state index < -0.39 is 0 Å². The number of hydrazone groups is 1. The van der Waals surface area contributed by atoms with Gasteiger partial charge in [0.1, 0.15) is 5.15 Å². The normalized spacial score (nSPS) is 17.7. The van der Waals surface area contributed by atoms with Crippen molar-refractivity contribution < 1.29 is 14.3 Å². The second-order valence-electron chi connectivity index (χ2n) is 7.27. The summed E-state index contributed by atoms with van der Waals surface area (Å²) in [5, 5.41) is 7.34. The van der Waals surface area contributed by atoms with E-state index in [1.807, 2.05) is 43.3 Å². The summed E-state index contributed by atoms with van der Waals surface area (Å²) in [7, 11) is 0. The SMILES string of the molecule is CC(=O)N1N=C(c2cccc(C)c2)C[C@H]1c1cc2cc3c(cc2nc1Cl)OCO3. The highest BCUT2D eigenvalue weighted by atomic mass is 35.5. The van der Waals surface area contributed by atoms with Crippen LogP contribution >= 0.6 is 11.6 Å². The van der Waals surface area contributed by atoms with Crippen molar-refractivity contribution in [1.82, 2.24) is 9.99 Å². The van der Waals surface area contributed by atoms with Crippen LogP contribution in [0.1, 0.15) is 36.1 Å². The Morgan fingerprint density at radius 2 is 1.97 bits per heavy atom. The first kappa shape index (κ1) is 17.9. The molecule has 3 aromatic rings. The van der Waals surface area contributed by atoms with Gasteiger partial charge < -0.3 is 9.47 Å². The largest absolute Gasteiger partial charge is 0.454 e. The van der Waals surface area contributed by atoms with Crippen LogP contribution in [0.15, 0.2) is 47.6 Å². The Morgan fingerprint density at radius 3 is 2.72 bits per heavy atom. The van der Waals surface area contributed by atoms with Crippen molar-refractivity contribution in [2.45, 2.75) is 26.3 Å². The first-order valence-electron chi connectivity index (χ1n) is 9.34. The summed E-state index contributed by atoms with van der Waals surface area (Å²) in [5.41, 5.74) is 4.49. The molecule has 0 saturated carbocycles. The minimum atomic E-state index is -0.308. The molecule has 0 fully saturated rings. The van der Waals surface area contributed by atoms with Crippen LogP contribution in [0.3, 0.4) is 0 Å². The number of hydrogen-bond acceptors (Lipinski definition) is 5. The van der Waals surface area contributed by atoms with E-state index in [-0.39, 0.29) is 18.7 Å². The number of ether oxygens (including phenoxy) is 2. The van der Waals surface area contributed by atoms with Gasteiger partial charge in [-0.3, -0.25) is 4.79 Å². The molecule has 146 valence electrons. The highest BCUT2D eigenvalue weighted by Crippen LogP contribution is 2.40. The molecule has 1 aromatic heterocycles. The molecule has 1 amide bonds. The molecule has 6 nitrogen and oxygen atoms in total. The van der Waals surface area contributed by atoms with Crippen molar-refractivity contribution in [2.75, 3.05) is 6.79 Å². The molecule has 0 unspecified atom stereocenters. The number of rotatable bonds is 2. The topological polar surface area (TPSA) is 64.0 Å². The molecule has 0 bridgehead atoms. The third-order valence-electron chi connectivity index (χ3n) is 5.23. The quantitative estimate of drug-likeness (QED) is 0.581. The Hall–Kier alpha value is -3.12. The molecule has 1 atom stereocenters. The van der Waals surface area contributed by atoms with Crippen LogP contribution in [0, 0.1) is 6.92 Å². The van der Waals surface area contributed by atoms with Gasteiger partial charge >= 0.3 is 0 Å². The summed E-state index contributed by atoms with van der Waals surface area (Å²) in [6, 6.07) is 13.5. The zero-order valence-electron chi connectivity index (χ0n) is 16.0. The van der Waals surface area contributed by atoms with Crippen LogP contribution in [-0.2, 0) is 4.79 Å². The lowest BCUT2D eigenvalue weighted by Gasteiger charge is -2.21. The average Bonchev–Trinajstić information content (AvgIpc) is 3.32. The predicted octanol–water partition coefficient (Wildman–Crippen LogP) is 4.62. The Bertz CT molecular complexity index is 1190. The van der Waals surface area contributed by atoms with Crippen LogP contribution in [0.4, 0.5) is 0 Å². The number of halogens is 1. The van der Waals surface area contributed by atoms with Crippen molar-refractivity contribution in [2.24, 2.45) is 5.10 Å². The van der Waals surface area contributed by atoms with Crippen LogP contribution < -0.4 is 9.47 Å². The molecule has 0 radical (unpaired) electrons. The number of hydrogen-bond donors (Lipinski definition) is 0. The van der Waals surface area contributed by atoms with E-state index in [1.54, 1.807) is 0 Å². The number of aryl methyl sites for hydroxylation is 1. The van der Waals surface area contributed by atoms with Gasteiger partial charge in [-0.2, -0.15) is 5.10 Å². The van der Waals surface area contributed by atoms with E-state index in [9.17, 15) is 4.79 Å². The van der Waals surface area contributed by atoms with Gasteiger partial charge in [-0.05, 0) is 24.6 Å². The minimum absolute atomic E-state index is 0.139. The van der Waals surface area contributed by atoms with Gasteiger partial charge in [-0.25, -0.2) is 9.99 Å². The van der Waals surface area contributed by atoms with E-state index in [2.05, 4.69) is 16.2 Å². The maximum atomic E-state index is 12.3. The van der Waals surface area contributed by atoms with E-state index in [0.29, 0.717) is 23.1 Å². The molecular weight excluding hydrogens is 390 g/mol. The van der Waals surface area contributed by atoms with Gasteiger partial charge in [0, 0.05) is 30.4 Å². The first-order chi connectivity index (χ1) is 14.0. The highest BCUT2D eigenvalue weighted by molar-refractivity contribution is 6.30. The summed E-state index contributed by atoms with van der Waals surface area (Å²) in [4.78, 5) is 16.9.